The van der Waals surface area contributed by atoms with Gasteiger partial charge in [0.1, 0.15) is 11.5 Å². The summed E-state index contributed by atoms with van der Waals surface area (Å²) in [6.45, 7) is 2.12. The Morgan fingerprint density at radius 1 is 1.10 bits per heavy atom. The lowest BCUT2D eigenvalue weighted by molar-refractivity contribution is 0.482. The topological polar surface area (TPSA) is 43.4 Å². The third kappa shape index (κ3) is 4.37. The smallest absolute Gasteiger partial charge is 0.261 e. The highest BCUT2D eigenvalue weighted by Crippen LogP contribution is 2.32. The van der Waals surface area contributed by atoms with E-state index in [9.17, 15) is 8.42 Å². The van der Waals surface area contributed by atoms with E-state index in [1.807, 2.05) is 24.3 Å². The SMILES string of the molecule is CCCc1ccc(Oc2ccc(S(=O)(=O)Cl)cc2Cl)cc1. The highest BCUT2D eigenvalue weighted by Gasteiger charge is 2.13. The van der Waals surface area contributed by atoms with Crippen molar-refractivity contribution in [1.29, 1.82) is 0 Å². The van der Waals surface area contributed by atoms with E-state index in [0.717, 1.165) is 12.8 Å². The van der Waals surface area contributed by atoms with E-state index in [1.54, 1.807) is 0 Å². The summed E-state index contributed by atoms with van der Waals surface area (Å²) in [5.41, 5.74) is 1.24. The molecule has 0 fully saturated rings. The van der Waals surface area contributed by atoms with Crippen molar-refractivity contribution in [3.8, 4) is 11.5 Å². The molecule has 0 unspecified atom stereocenters. The molecule has 3 nitrogen and oxygen atoms in total. The quantitative estimate of drug-likeness (QED) is 0.715. The molecule has 6 heteroatoms. The molecule has 0 aliphatic rings. The van der Waals surface area contributed by atoms with Crippen molar-refractivity contribution in [3.05, 3.63) is 53.1 Å². The van der Waals surface area contributed by atoms with Gasteiger partial charge < -0.3 is 4.74 Å². The summed E-state index contributed by atoms with van der Waals surface area (Å²) in [5.74, 6) is 1.02. The molecule has 0 aliphatic heterocycles. The van der Waals surface area contributed by atoms with Crippen LogP contribution in [0.15, 0.2) is 47.4 Å². The summed E-state index contributed by atoms with van der Waals surface area (Å²) < 4.78 is 28.1. The van der Waals surface area contributed by atoms with Crippen LogP contribution >= 0.6 is 22.3 Å². The van der Waals surface area contributed by atoms with E-state index in [2.05, 4.69) is 6.92 Å². The van der Waals surface area contributed by atoms with E-state index in [-0.39, 0.29) is 9.92 Å². The van der Waals surface area contributed by atoms with E-state index in [0.29, 0.717) is 11.5 Å². The number of hydrogen-bond acceptors (Lipinski definition) is 3. The van der Waals surface area contributed by atoms with Crippen LogP contribution in [-0.2, 0) is 15.5 Å². The van der Waals surface area contributed by atoms with E-state index >= 15 is 0 Å². The molecule has 0 saturated heterocycles. The fourth-order valence-electron chi connectivity index (χ4n) is 1.86. The van der Waals surface area contributed by atoms with Gasteiger partial charge in [-0.05, 0) is 42.3 Å². The van der Waals surface area contributed by atoms with Gasteiger partial charge in [-0.2, -0.15) is 0 Å². The van der Waals surface area contributed by atoms with Crippen molar-refractivity contribution in [2.45, 2.75) is 24.7 Å². The maximum Gasteiger partial charge on any atom is 0.261 e. The summed E-state index contributed by atoms with van der Waals surface area (Å²) in [4.78, 5) is -0.0557. The number of benzene rings is 2. The van der Waals surface area contributed by atoms with Crippen LogP contribution in [0.3, 0.4) is 0 Å². The van der Waals surface area contributed by atoms with Gasteiger partial charge in [0.25, 0.3) is 9.05 Å². The molecule has 0 aromatic heterocycles. The Balaban J connectivity index is 2.20. The second kappa shape index (κ2) is 6.69. The van der Waals surface area contributed by atoms with Gasteiger partial charge >= 0.3 is 0 Å². The van der Waals surface area contributed by atoms with E-state index in [4.69, 9.17) is 27.0 Å². The van der Waals surface area contributed by atoms with Gasteiger partial charge in [0.15, 0.2) is 0 Å². The van der Waals surface area contributed by atoms with Crippen molar-refractivity contribution in [2.24, 2.45) is 0 Å². The summed E-state index contributed by atoms with van der Waals surface area (Å²) in [5, 5.41) is 0.189. The Kier molecular flexibility index (Phi) is 5.14. The van der Waals surface area contributed by atoms with E-state index in [1.165, 1.54) is 23.8 Å². The molecule has 2 aromatic rings. The van der Waals surface area contributed by atoms with Crippen molar-refractivity contribution in [2.75, 3.05) is 0 Å². The van der Waals surface area contributed by atoms with Gasteiger partial charge in [0, 0.05) is 10.7 Å². The van der Waals surface area contributed by atoms with Crippen LogP contribution in [0.25, 0.3) is 0 Å². The summed E-state index contributed by atoms with van der Waals surface area (Å²) in [6, 6.07) is 11.8. The Labute approximate surface area is 133 Å². The van der Waals surface area contributed by atoms with Crippen molar-refractivity contribution in [1.82, 2.24) is 0 Å². The highest BCUT2D eigenvalue weighted by molar-refractivity contribution is 8.13. The third-order valence-electron chi connectivity index (χ3n) is 2.87. The number of hydrogen-bond donors (Lipinski definition) is 0. The zero-order chi connectivity index (χ0) is 15.5. The molecule has 0 heterocycles. The fraction of sp³-hybridized carbons (Fsp3) is 0.200. The lowest BCUT2D eigenvalue weighted by Crippen LogP contribution is -1.92. The average molecular weight is 345 g/mol. The number of ether oxygens (including phenoxy) is 1. The fourth-order valence-corrected chi connectivity index (χ4v) is 2.92. The zero-order valence-corrected chi connectivity index (χ0v) is 13.7. The first-order valence-corrected chi connectivity index (χ1v) is 9.10. The van der Waals surface area contributed by atoms with Gasteiger partial charge in [0.05, 0.1) is 9.92 Å². The second-order valence-electron chi connectivity index (χ2n) is 4.53. The molecule has 0 aliphatic carbocycles. The van der Waals surface area contributed by atoms with E-state index < -0.39 is 9.05 Å². The highest BCUT2D eigenvalue weighted by atomic mass is 35.7. The molecule has 0 amide bonds. The minimum absolute atomic E-state index is 0.0557. The molecule has 0 saturated carbocycles. The van der Waals surface area contributed by atoms with Crippen LogP contribution < -0.4 is 4.74 Å². The first-order valence-electron chi connectivity index (χ1n) is 6.41. The van der Waals surface area contributed by atoms with Gasteiger partial charge in [-0.3, -0.25) is 0 Å². The van der Waals surface area contributed by atoms with Gasteiger partial charge in [-0.15, -0.1) is 0 Å². The Morgan fingerprint density at radius 3 is 2.29 bits per heavy atom. The van der Waals surface area contributed by atoms with Gasteiger partial charge in [0.2, 0.25) is 0 Å². The Hall–Kier alpha value is -1.23. The first kappa shape index (κ1) is 16.1. The normalized spacial score (nSPS) is 11.4. The van der Waals surface area contributed by atoms with Crippen molar-refractivity contribution in [3.63, 3.8) is 0 Å². The Morgan fingerprint density at radius 2 is 1.76 bits per heavy atom. The van der Waals surface area contributed by atoms with Crippen LogP contribution in [0.5, 0.6) is 11.5 Å². The Bertz CT molecular complexity index is 725. The number of aryl methyl sites for hydroxylation is 1. The predicted octanol–water partition coefficient (Wildman–Crippen LogP) is 5.01. The minimum atomic E-state index is -3.79. The molecule has 0 N–H and O–H groups in total. The standard InChI is InChI=1S/C15H14Cl2O3S/c1-2-3-11-4-6-12(7-5-11)20-15-9-8-13(10-14(15)16)21(17,18)19/h4-10H,2-3H2,1H3. The van der Waals surface area contributed by atoms with Crippen LogP contribution in [0.4, 0.5) is 0 Å². The van der Waals surface area contributed by atoms with Gasteiger partial charge in [-0.1, -0.05) is 37.1 Å². The summed E-state index contributed by atoms with van der Waals surface area (Å²) in [7, 11) is 1.47. The maximum absolute atomic E-state index is 11.2. The molecular weight excluding hydrogens is 331 g/mol. The van der Waals surface area contributed by atoms with Crippen LogP contribution in [0, 0.1) is 0 Å². The molecule has 0 radical (unpaired) electrons. The summed E-state index contributed by atoms with van der Waals surface area (Å²) >= 11 is 6.02. The lowest BCUT2D eigenvalue weighted by Gasteiger charge is -2.09. The lowest BCUT2D eigenvalue weighted by atomic mass is 10.1. The molecule has 0 spiro atoms. The molecule has 0 bridgehead atoms. The van der Waals surface area contributed by atoms with Crippen LogP contribution in [-0.4, -0.2) is 8.42 Å². The number of halogens is 2. The molecule has 2 rings (SSSR count). The molecule has 0 atom stereocenters. The minimum Gasteiger partial charge on any atom is -0.456 e. The van der Waals surface area contributed by atoms with Crippen LogP contribution in [0.2, 0.25) is 5.02 Å². The molecule has 21 heavy (non-hydrogen) atoms. The first-order chi connectivity index (χ1) is 9.90. The monoisotopic (exact) mass is 344 g/mol. The largest absolute Gasteiger partial charge is 0.456 e. The zero-order valence-electron chi connectivity index (χ0n) is 11.3. The van der Waals surface area contributed by atoms with Gasteiger partial charge in [-0.25, -0.2) is 8.42 Å². The predicted molar refractivity (Wildman–Crippen MR) is 85.0 cm³/mol. The van der Waals surface area contributed by atoms with Crippen molar-refractivity contribution >= 4 is 31.3 Å². The summed E-state index contributed by atoms with van der Waals surface area (Å²) in [6.07, 6.45) is 2.10. The maximum atomic E-state index is 11.2. The molecular formula is C15H14Cl2O3S. The third-order valence-corrected chi connectivity index (χ3v) is 4.52. The van der Waals surface area contributed by atoms with Crippen molar-refractivity contribution < 1.29 is 13.2 Å². The number of rotatable bonds is 5. The molecule has 2 aromatic carbocycles. The molecule has 112 valence electrons. The average Bonchev–Trinajstić information content (AvgIpc) is 2.42. The second-order valence-corrected chi connectivity index (χ2v) is 7.50. The van der Waals surface area contributed by atoms with Crippen LogP contribution in [0.1, 0.15) is 18.9 Å².